The van der Waals surface area contributed by atoms with E-state index in [-0.39, 0.29) is 23.5 Å². The van der Waals surface area contributed by atoms with Gasteiger partial charge in [-0.3, -0.25) is 4.79 Å². The highest BCUT2D eigenvalue weighted by Gasteiger charge is 2.30. The van der Waals surface area contributed by atoms with E-state index in [2.05, 4.69) is 5.32 Å². The molecule has 0 aliphatic carbocycles. The number of ether oxygens (including phenoxy) is 1. The van der Waals surface area contributed by atoms with Gasteiger partial charge in [-0.05, 0) is 37.7 Å². The van der Waals surface area contributed by atoms with Crippen LogP contribution in [0.3, 0.4) is 0 Å². The van der Waals surface area contributed by atoms with Crippen LogP contribution in [0, 0.1) is 0 Å². The Balaban J connectivity index is 1.77. The number of hydrogen-bond donors (Lipinski definition) is 1. The van der Waals surface area contributed by atoms with Gasteiger partial charge in [0.1, 0.15) is 5.75 Å². The Labute approximate surface area is 131 Å². The summed E-state index contributed by atoms with van der Waals surface area (Å²) in [6.07, 6.45) is 0.984. The number of benzene rings is 1. The van der Waals surface area contributed by atoms with Crippen molar-refractivity contribution >= 4 is 21.4 Å². The zero-order valence-electron chi connectivity index (χ0n) is 12.9. The topological polar surface area (TPSA) is 75.7 Å². The molecule has 0 bridgehead atoms. The van der Waals surface area contributed by atoms with Crippen LogP contribution in [0.2, 0.25) is 0 Å². The molecule has 0 spiro atoms. The summed E-state index contributed by atoms with van der Waals surface area (Å²) in [5.41, 5.74) is 0.719. The average Bonchev–Trinajstić information content (AvgIpc) is 2.86. The van der Waals surface area contributed by atoms with E-state index in [1.54, 1.807) is 31.4 Å². The molecule has 1 atom stereocenters. The van der Waals surface area contributed by atoms with Crippen molar-refractivity contribution in [1.29, 1.82) is 0 Å². The number of rotatable bonds is 6. The zero-order valence-corrected chi connectivity index (χ0v) is 13.7. The smallest absolute Gasteiger partial charge is 0.225 e. The minimum Gasteiger partial charge on any atom is -0.497 e. The van der Waals surface area contributed by atoms with Crippen LogP contribution >= 0.6 is 0 Å². The molecule has 1 heterocycles. The van der Waals surface area contributed by atoms with E-state index in [9.17, 15) is 13.2 Å². The summed E-state index contributed by atoms with van der Waals surface area (Å²) in [6, 6.07) is 7.16. The summed E-state index contributed by atoms with van der Waals surface area (Å²) in [7, 11) is 0.569. The number of nitrogens with one attached hydrogen (secondary N) is 1. The highest BCUT2D eigenvalue weighted by Crippen LogP contribution is 2.17. The highest BCUT2D eigenvalue weighted by atomic mass is 32.2. The van der Waals surface area contributed by atoms with Crippen LogP contribution < -0.4 is 10.1 Å². The lowest BCUT2D eigenvalue weighted by molar-refractivity contribution is -0.116. The predicted octanol–water partition coefficient (Wildman–Crippen LogP) is 1.14. The van der Waals surface area contributed by atoms with Crippen molar-refractivity contribution < 1.29 is 17.9 Å². The maximum absolute atomic E-state index is 11.9. The van der Waals surface area contributed by atoms with Gasteiger partial charge in [-0.15, -0.1) is 0 Å². The number of anilines is 1. The van der Waals surface area contributed by atoms with E-state index in [0.717, 1.165) is 11.4 Å². The van der Waals surface area contributed by atoms with Crippen LogP contribution in [0.15, 0.2) is 24.3 Å². The summed E-state index contributed by atoms with van der Waals surface area (Å²) in [5, 5.41) is 2.82. The highest BCUT2D eigenvalue weighted by molar-refractivity contribution is 7.91. The second kappa shape index (κ2) is 7.11. The molecule has 1 unspecified atom stereocenters. The van der Waals surface area contributed by atoms with Gasteiger partial charge < -0.3 is 15.0 Å². The molecule has 1 aliphatic rings. The standard InChI is InChI=1S/C15H22N2O4S/c1-17(13-8-10-22(19,20)11-13)9-7-15(18)16-12-3-5-14(21-2)6-4-12/h3-6,13H,7-11H2,1-2H3,(H,16,18). The van der Waals surface area contributed by atoms with Crippen molar-refractivity contribution in [2.75, 3.05) is 37.5 Å². The van der Waals surface area contributed by atoms with E-state index in [1.807, 2.05) is 11.9 Å². The molecule has 6 nitrogen and oxygen atoms in total. The van der Waals surface area contributed by atoms with Gasteiger partial charge in [-0.2, -0.15) is 0 Å². The van der Waals surface area contributed by atoms with Gasteiger partial charge in [0, 0.05) is 24.7 Å². The molecule has 0 saturated carbocycles. The van der Waals surface area contributed by atoms with Gasteiger partial charge in [-0.25, -0.2) is 8.42 Å². The van der Waals surface area contributed by atoms with Crippen LogP contribution in [0.4, 0.5) is 5.69 Å². The predicted molar refractivity (Wildman–Crippen MR) is 85.9 cm³/mol. The van der Waals surface area contributed by atoms with Crippen LogP contribution in [-0.2, 0) is 14.6 Å². The summed E-state index contributed by atoms with van der Waals surface area (Å²) >= 11 is 0. The Bertz CT molecular complexity index is 613. The lowest BCUT2D eigenvalue weighted by Gasteiger charge is -2.22. The van der Waals surface area contributed by atoms with E-state index in [0.29, 0.717) is 19.4 Å². The molecule has 1 saturated heterocycles. The first-order valence-corrected chi connectivity index (χ1v) is 9.06. The molecule has 0 radical (unpaired) electrons. The number of nitrogens with zero attached hydrogens (tertiary/aromatic N) is 1. The Morgan fingerprint density at radius 1 is 1.36 bits per heavy atom. The average molecular weight is 326 g/mol. The number of methoxy groups -OCH3 is 1. The van der Waals surface area contributed by atoms with Gasteiger partial charge >= 0.3 is 0 Å². The van der Waals surface area contributed by atoms with Crippen molar-refractivity contribution in [3.63, 3.8) is 0 Å². The molecule has 1 amide bonds. The van der Waals surface area contributed by atoms with E-state index < -0.39 is 9.84 Å². The van der Waals surface area contributed by atoms with Crippen molar-refractivity contribution in [1.82, 2.24) is 4.90 Å². The van der Waals surface area contributed by atoms with Crippen LogP contribution in [0.25, 0.3) is 0 Å². The minimum absolute atomic E-state index is 0.0267. The fraction of sp³-hybridized carbons (Fsp3) is 0.533. The van der Waals surface area contributed by atoms with E-state index in [4.69, 9.17) is 4.74 Å². The SMILES string of the molecule is COc1ccc(NC(=O)CCN(C)C2CCS(=O)(=O)C2)cc1. The van der Waals surface area contributed by atoms with Gasteiger partial charge in [0.15, 0.2) is 9.84 Å². The van der Waals surface area contributed by atoms with E-state index in [1.165, 1.54) is 0 Å². The first-order valence-electron chi connectivity index (χ1n) is 7.24. The third kappa shape index (κ3) is 4.71. The largest absolute Gasteiger partial charge is 0.497 e. The maximum Gasteiger partial charge on any atom is 0.225 e. The first kappa shape index (κ1) is 16.8. The molecule has 22 heavy (non-hydrogen) atoms. The fourth-order valence-corrected chi connectivity index (χ4v) is 4.29. The second-order valence-electron chi connectivity index (χ2n) is 5.56. The summed E-state index contributed by atoms with van der Waals surface area (Å²) in [6.45, 7) is 0.544. The van der Waals surface area contributed by atoms with Crippen LogP contribution in [-0.4, -0.2) is 57.5 Å². The molecular formula is C15H22N2O4S. The van der Waals surface area contributed by atoms with Crippen molar-refractivity contribution in [3.8, 4) is 5.75 Å². The third-order valence-corrected chi connectivity index (χ3v) is 5.65. The third-order valence-electron chi connectivity index (χ3n) is 3.90. The quantitative estimate of drug-likeness (QED) is 0.848. The van der Waals surface area contributed by atoms with Crippen LogP contribution in [0.1, 0.15) is 12.8 Å². The molecule has 2 rings (SSSR count). The number of carbonyl (C=O) groups excluding carboxylic acids is 1. The Morgan fingerprint density at radius 2 is 2.05 bits per heavy atom. The Kier molecular flexibility index (Phi) is 5.42. The van der Waals surface area contributed by atoms with Crippen molar-refractivity contribution in [2.24, 2.45) is 0 Å². The molecule has 1 fully saturated rings. The first-order chi connectivity index (χ1) is 10.4. The summed E-state index contributed by atoms with van der Waals surface area (Å²) in [5.74, 6) is 1.10. The summed E-state index contributed by atoms with van der Waals surface area (Å²) < 4.78 is 28.0. The maximum atomic E-state index is 11.9. The Hall–Kier alpha value is -1.60. The zero-order chi connectivity index (χ0) is 16.2. The summed E-state index contributed by atoms with van der Waals surface area (Å²) in [4.78, 5) is 13.9. The molecule has 1 aromatic rings. The van der Waals surface area contributed by atoms with Gasteiger partial charge in [0.2, 0.25) is 5.91 Å². The molecule has 1 aliphatic heterocycles. The van der Waals surface area contributed by atoms with Gasteiger partial charge in [0.25, 0.3) is 0 Å². The lowest BCUT2D eigenvalue weighted by Crippen LogP contribution is -2.35. The van der Waals surface area contributed by atoms with Crippen molar-refractivity contribution in [2.45, 2.75) is 18.9 Å². The molecule has 0 aromatic heterocycles. The molecular weight excluding hydrogens is 304 g/mol. The fourth-order valence-electron chi connectivity index (χ4n) is 2.48. The Morgan fingerprint density at radius 3 is 2.59 bits per heavy atom. The van der Waals surface area contributed by atoms with Crippen LogP contribution in [0.5, 0.6) is 5.75 Å². The van der Waals surface area contributed by atoms with Gasteiger partial charge in [0.05, 0.1) is 18.6 Å². The normalized spacial score (nSPS) is 20.0. The van der Waals surface area contributed by atoms with Gasteiger partial charge in [-0.1, -0.05) is 0 Å². The molecule has 7 heteroatoms. The molecule has 122 valence electrons. The monoisotopic (exact) mass is 326 g/mol. The van der Waals surface area contributed by atoms with E-state index >= 15 is 0 Å². The molecule has 1 N–H and O–H groups in total. The number of amides is 1. The number of hydrogen-bond acceptors (Lipinski definition) is 5. The number of carbonyl (C=O) groups is 1. The number of sulfone groups is 1. The second-order valence-corrected chi connectivity index (χ2v) is 7.79. The molecule has 1 aromatic carbocycles. The minimum atomic E-state index is -2.89. The van der Waals surface area contributed by atoms with Crippen molar-refractivity contribution in [3.05, 3.63) is 24.3 Å². The lowest BCUT2D eigenvalue weighted by atomic mass is 10.2.